The van der Waals surface area contributed by atoms with Crippen LogP contribution in [0.5, 0.6) is 0 Å². The number of nitrogen functional groups attached to an aromatic ring is 1. The van der Waals surface area contributed by atoms with Gasteiger partial charge in [-0.15, -0.1) is 0 Å². The van der Waals surface area contributed by atoms with Gasteiger partial charge in [0, 0.05) is 0 Å². The lowest BCUT2D eigenvalue weighted by atomic mass is 10.3. The third-order valence-electron chi connectivity index (χ3n) is 1.22. The summed E-state index contributed by atoms with van der Waals surface area (Å²) < 4.78 is 0. The fourth-order valence-corrected chi connectivity index (χ4v) is 0.744. The van der Waals surface area contributed by atoms with Crippen molar-refractivity contribution >= 4 is 17.4 Å². The highest BCUT2D eigenvalue weighted by atomic mass is 35.5. The number of halogens is 1. The van der Waals surface area contributed by atoms with Gasteiger partial charge in [-0.3, -0.25) is 0 Å². The Morgan fingerprint density at radius 1 is 1.33 bits per heavy atom. The molecule has 0 atom stereocenters. The first kappa shape index (κ1) is 10.6. The molecule has 0 heterocycles. The van der Waals surface area contributed by atoms with E-state index in [-0.39, 0.29) is 12.4 Å². The summed E-state index contributed by atoms with van der Waals surface area (Å²) in [5, 5.41) is 2.39. The number of hydrogen-bond acceptors (Lipinski definition) is 2. The van der Waals surface area contributed by atoms with E-state index >= 15 is 0 Å². The van der Waals surface area contributed by atoms with Crippen LogP contribution in [0.15, 0.2) is 24.3 Å². The van der Waals surface area contributed by atoms with E-state index in [0.29, 0.717) is 11.4 Å². The molecule has 5 heteroatoms. The number of carbonyl (C=O) groups is 1. The Morgan fingerprint density at radius 2 is 1.92 bits per heavy atom. The molecular formula is C7H9ClN3O-. The second-order valence-corrected chi connectivity index (χ2v) is 2.08. The average Bonchev–Trinajstić information content (AvgIpc) is 1.93. The quantitative estimate of drug-likeness (QED) is 0.434. The molecule has 1 aromatic rings. The van der Waals surface area contributed by atoms with Crippen molar-refractivity contribution in [2.75, 3.05) is 11.1 Å². The van der Waals surface area contributed by atoms with Gasteiger partial charge in [-0.05, 0) is 12.1 Å². The maximum absolute atomic E-state index is 10.4. The van der Waals surface area contributed by atoms with Crippen LogP contribution in [0.25, 0.3) is 0 Å². The van der Waals surface area contributed by atoms with Gasteiger partial charge in [0.2, 0.25) is 0 Å². The van der Waals surface area contributed by atoms with E-state index in [1.807, 2.05) is 0 Å². The Bertz CT molecular complexity index is 277. The van der Waals surface area contributed by atoms with Crippen LogP contribution >= 0.6 is 0 Å². The number of primary amides is 1. The van der Waals surface area contributed by atoms with E-state index in [1.165, 1.54) is 0 Å². The van der Waals surface area contributed by atoms with Crippen LogP contribution in [0, 0.1) is 0 Å². The molecule has 0 aliphatic rings. The van der Waals surface area contributed by atoms with Crippen LogP contribution in [0.4, 0.5) is 16.2 Å². The summed E-state index contributed by atoms with van der Waals surface area (Å²) in [5.74, 6) is 0. The van der Waals surface area contributed by atoms with Crippen molar-refractivity contribution in [2.45, 2.75) is 0 Å². The molecule has 0 radical (unpaired) electrons. The third-order valence-corrected chi connectivity index (χ3v) is 1.22. The van der Waals surface area contributed by atoms with Crippen LogP contribution in [0.3, 0.4) is 0 Å². The molecule has 0 spiro atoms. The Balaban J connectivity index is 0.00000121. The molecule has 0 saturated heterocycles. The third kappa shape index (κ3) is 2.67. The molecule has 66 valence electrons. The van der Waals surface area contributed by atoms with Gasteiger partial charge in [0.1, 0.15) is 0 Å². The summed E-state index contributed by atoms with van der Waals surface area (Å²) in [5.41, 5.74) is 11.4. The van der Waals surface area contributed by atoms with E-state index in [2.05, 4.69) is 5.32 Å². The second kappa shape index (κ2) is 4.46. The van der Waals surface area contributed by atoms with Crippen molar-refractivity contribution in [3.05, 3.63) is 24.3 Å². The minimum atomic E-state index is -0.608. The maximum atomic E-state index is 10.4. The Labute approximate surface area is 76.3 Å². The van der Waals surface area contributed by atoms with Gasteiger partial charge in [0.15, 0.2) is 0 Å². The van der Waals surface area contributed by atoms with Gasteiger partial charge in [0.05, 0.1) is 11.4 Å². The number of urea groups is 1. The molecule has 5 N–H and O–H groups in total. The molecule has 0 aliphatic carbocycles. The van der Waals surface area contributed by atoms with E-state index in [1.54, 1.807) is 24.3 Å². The number of benzene rings is 1. The highest BCUT2D eigenvalue weighted by Gasteiger charge is 1.97. The smallest absolute Gasteiger partial charge is 0.316 e. The predicted molar refractivity (Wildman–Crippen MR) is 44.1 cm³/mol. The van der Waals surface area contributed by atoms with Gasteiger partial charge in [-0.2, -0.15) is 0 Å². The van der Waals surface area contributed by atoms with Crippen molar-refractivity contribution in [3.63, 3.8) is 0 Å². The van der Waals surface area contributed by atoms with Gasteiger partial charge in [-0.1, -0.05) is 12.1 Å². The SMILES string of the molecule is NC(=O)Nc1ccccc1N.[Cl-]. The highest BCUT2D eigenvalue weighted by molar-refractivity contribution is 5.91. The second-order valence-electron chi connectivity index (χ2n) is 2.08. The molecule has 2 amide bonds. The molecule has 4 nitrogen and oxygen atoms in total. The number of carbonyl (C=O) groups excluding carboxylic acids is 1. The Morgan fingerprint density at radius 3 is 2.42 bits per heavy atom. The average molecular weight is 187 g/mol. The molecule has 0 unspecified atom stereocenters. The van der Waals surface area contributed by atoms with E-state index in [9.17, 15) is 4.79 Å². The van der Waals surface area contributed by atoms with E-state index < -0.39 is 6.03 Å². The van der Waals surface area contributed by atoms with Crippen LogP contribution in [0.2, 0.25) is 0 Å². The number of amides is 2. The highest BCUT2D eigenvalue weighted by Crippen LogP contribution is 2.15. The number of para-hydroxylation sites is 2. The monoisotopic (exact) mass is 186 g/mol. The normalized spacial score (nSPS) is 8.33. The lowest BCUT2D eigenvalue weighted by Gasteiger charge is -2.03. The molecule has 0 aromatic heterocycles. The fraction of sp³-hybridized carbons (Fsp3) is 0. The Kier molecular flexibility index (Phi) is 3.93. The molecule has 0 fully saturated rings. The minimum Gasteiger partial charge on any atom is -1.00 e. The number of hydrogen-bond donors (Lipinski definition) is 3. The molecular weight excluding hydrogens is 178 g/mol. The van der Waals surface area contributed by atoms with Crippen molar-refractivity contribution in [3.8, 4) is 0 Å². The lowest BCUT2D eigenvalue weighted by molar-refractivity contribution is -0.00000549. The predicted octanol–water partition coefficient (Wildman–Crippen LogP) is -2.24. The minimum absolute atomic E-state index is 0. The molecule has 0 aliphatic heterocycles. The zero-order valence-corrected chi connectivity index (χ0v) is 7.01. The van der Waals surface area contributed by atoms with E-state index in [0.717, 1.165) is 0 Å². The summed E-state index contributed by atoms with van der Waals surface area (Å²) in [6, 6.07) is 6.30. The fourth-order valence-electron chi connectivity index (χ4n) is 0.744. The standard InChI is InChI=1S/C7H9N3O.ClH/c8-5-3-1-2-4-6(5)10-7(9)11;/h1-4H,8H2,(H3,9,10,11);1H/p-1. The lowest BCUT2D eigenvalue weighted by Crippen LogP contribution is -3.00. The van der Waals surface area contributed by atoms with Gasteiger partial charge < -0.3 is 29.2 Å². The molecule has 1 rings (SSSR count). The first-order chi connectivity index (χ1) is 5.20. The van der Waals surface area contributed by atoms with Crippen LogP contribution in [0.1, 0.15) is 0 Å². The van der Waals surface area contributed by atoms with E-state index in [4.69, 9.17) is 11.5 Å². The van der Waals surface area contributed by atoms with Gasteiger partial charge in [0.25, 0.3) is 0 Å². The van der Waals surface area contributed by atoms with Crippen LogP contribution < -0.4 is 29.2 Å². The van der Waals surface area contributed by atoms with Gasteiger partial charge in [-0.25, -0.2) is 4.79 Å². The largest absolute Gasteiger partial charge is 1.00 e. The van der Waals surface area contributed by atoms with Crippen molar-refractivity contribution in [1.82, 2.24) is 0 Å². The number of rotatable bonds is 1. The Hall–Kier alpha value is -1.42. The molecule has 0 saturated carbocycles. The van der Waals surface area contributed by atoms with Crippen LogP contribution in [-0.2, 0) is 0 Å². The zero-order chi connectivity index (χ0) is 8.27. The summed E-state index contributed by atoms with van der Waals surface area (Å²) >= 11 is 0. The number of nitrogens with one attached hydrogen (secondary N) is 1. The first-order valence-corrected chi connectivity index (χ1v) is 3.11. The number of nitrogens with two attached hydrogens (primary N) is 2. The van der Waals surface area contributed by atoms with Crippen molar-refractivity contribution in [1.29, 1.82) is 0 Å². The first-order valence-electron chi connectivity index (χ1n) is 3.11. The molecule has 12 heavy (non-hydrogen) atoms. The number of anilines is 2. The van der Waals surface area contributed by atoms with Crippen molar-refractivity contribution in [2.24, 2.45) is 5.73 Å². The zero-order valence-electron chi connectivity index (χ0n) is 6.25. The topological polar surface area (TPSA) is 81.1 Å². The molecule has 1 aromatic carbocycles. The summed E-state index contributed by atoms with van der Waals surface area (Å²) in [4.78, 5) is 10.4. The van der Waals surface area contributed by atoms with Crippen LogP contribution in [-0.4, -0.2) is 6.03 Å². The summed E-state index contributed by atoms with van der Waals surface area (Å²) in [6.45, 7) is 0. The summed E-state index contributed by atoms with van der Waals surface area (Å²) in [7, 11) is 0. The molecule has 0 bridgehead atoms. The summed E-state index contributed by atoms with van der Waals surface area (Å²) in [6.07, 6.45) is 0. The van der Waals surface area contributed by atoms with Crippen molar-refractivity contribution < 1.29 is 17.2 Å². The van der Waals surface area contributed by atoms with Gasteiger partial charge >= 0.3 is 6.03 Å². The maximum Gasteiger partial charge on any atom is 0.316 e.